The van der Waals surface area contributed by atoms with E-state index in [2.05, 4.69) is 20.6 Å². The summed E-state index contributed by atoms with van der Waals surface area (Å²) < 4.78 is 10.5. The first kappa shape index (κ1) is 30.1. The summed E-state index contributed by atoms with van der Waals surface area (Å²) in [6, 6.07) is 29.1. The maximum Gasteiger partial charge on any atom is 0.412 e. The lowest BCUT2D eigenvalue weighted by Gasteiger charge is -2.15. The molecule has 10 nitrogen and oxygen atoms in total. The van der Waals surface area contributed by atoms with E-state index in [1.54, 1.807) is 55.5 Å². The SMILES string of the molecule is CC(COC(=O)Nc1ccc(Cc2ccc(N=C=O)cc2)cc1)OC(=O)Nc1ccc(Cc2ccc(N=C=O)cc2)cc1. The van der Waals surface area contributed by atoms with Gasteiger partial charge < -0.3 is 9.47 Å². The zero-order valence-corrected chi connectivity index (χ0v) is 23.3. The second kappa shape index (κ2) is 15.3. The van der Waals surface area contributed by atoms with E-state index in [1.807, 2.05) is 48.5 Å². The van der Waals surface area contributed by atoms with Crippen LogP contribution in [0.2, 0.25) is 0 Å². The predicted molar refractivity (Wildman–Crippen MR) is 161 cm³/mol. The molecule has 4 aromatic rings. The molecular formula is C33H28N4O6. The van der Waals surface area contributed by atoms with Crippen molar-refractivity contribution >= 4 is 47.1 Å². The minimum Gasteiger partial charge on any atom is -0.445 e. The van der Waals surface area contributed by atoms with Gasteiger partial charge in [0.1, 0.15) is 12.7 Å². The number of hydrogen-bond donors (Lipinski definition) is 2. The summed E-state index contributed by atoms with van der Waals surface area (Å²) in [6.45, 7) is 1.49. The largest absolute Gasteiger partial charge is 0.445 e. The topological polar surface area (TPSA) is 136 Å². The first-order chi connectivity index (χ1) is 20.9. The number of benzene rings is 4. The number of carbonyl (C=O) groups is 2. The van der Waals surface area contributed by atoms with Gasteiger partial charge in [-0.05, 0) is 90.6 Å². The quantitative estimate of drug-likeness (QED) is 0.146. The normalized spacial score (nSPS) is 10.8. The Morgan fingerprint density at radius 2 is 1.00 bits per heavy atom. The van der Waals surface area contributed by atoms with Crippen LogP contribution in [0.25, 0.3) is 0 Å². The molecule has 1 unspecified atom stereocenters. The van der Waals surface area contributed by atoms with E-state index in [-0.39, 0.29) is 6.61 Å². The van der Waals surface area contributed by atoms with E-state index >= 15 is 0 Å². The molecule has 216 valence electrons. The molecule has 0 aliphatic carbocycles. The Hall–Kier alpha value is -5.82. The van der Waals surface area contributed by atoms with Crippen LogP contribution in [0.5, 0.6) is 0 Å². The molecule has 2 amide bonds. The molecule has 0 fully saturated rings. The highest BCUT2D eigenvalue weighted by molar-refractivity contribution is 5.85. The van der Waals surface area contributed by atoms with Crippen molar-refractivity contribution in [2.45, 2.75) is 25.9 Å². The minimum atomic E-state index is -0.678. The van der Waals surface area contributed by atoms with E-state index in [0.29, 0.717) is 35.6 Å². The fraction of sp³-hybridized carbons (Fsp3) is 0.152. The van der Waals surface area contributed by atoms with Crippen LogP contribution in [0.15, 0.2) is 107 Å². The third-order valence-electron chi connectivity index (χ3n) is 6.20. The van der Waals surface area contributed by atoms with Crippen LogP contribution in [0.3, 0.4) is 0 Å². The molecule has 0 aromatic heterocycles. The molecule has 43 heavy (non-hydrogen) atoms. The van der Waals surface area contributed by atoms with Gasteiger partial charge in [0.2, 0.25) is 12.2 Å². The molecule has 0 saturated carbocycles. The first-order valence-electron chi connectivity index (χ1n) is 13.3. The number of aliphatic imine (C=N–C) groups is 2. The van der Waals surface area contributed by atoms with E-state index in [1.165, 1.54) is 12.2 Å². The molecule has 4 aromatic carbocycles. The molecule has 10 heteroatoms. The van der Waals surface area contributed by atoms with Gasteiger partial charge in [-0.15, -0.1) is 0 Å². The number of hydrogen-bond acceptors (Lipinski definition) is 8. The van der Waals surface area contributed by atoms with Crippen LogP contribution in [-0.4, -0.2) is 37.1 Å². The van der Waals surface area contributed by atoms with Crippen molar-refractivity contribution in [3.8, 4) is 0 Å². The van der Waals surface area contributed by atoms with Crippen molar-refractivity contribution in [2.75, 3.05) is 17.2 Å². The summed E-state index contributed by atoms with van der Waals surface area (Å²) in [4.78, 5) is 52.3. The summed E-state index contributed by atoms with van der Waals surface area (Å²) in [6.07, 6.45) is 2.36. The second-order valence-corrected chi connectivity index (χ2v) is 9.55. The second-order valence-electron chi connectivity index (χ2n) is 9.55. The summed E-state index contributed by atoms with van der Waals surface area (Å²) in [7, 11) is 0. The molecule has 4 rings (SSSR count). The van der Waals surface area contributed by atoms with Gasteiger partial charge in [-0.1, -0.05) is 48.5 Å². The van der Waals surface area contributed by atoms with Crippen molar-refractivity contribution in [1.82, 2.24) is 0 Å². The van der Waals surface area contributed by atoms with Crippen LogP contribution in [0.4, 0.5) is 32.3 Å². The van der Waals surface area contributed by atoms with Gasteiger partial charge in [0, 0.05) is 11.4 Å². The average molecular weight is 577 g/mol. The van der Waals surface area contributed by atoms with Crippen molar-refractivity contribution in [3.63, 3.8) is 0 Å². The smallest absolute Gasteiger partial charge is 0.412 e. The number of rotatable bonds is 11. The van der Waals surface area contributed by atoms with Crippen LogP contribution in [0.1, 0.15) is 29.2 Å². The molecule has 2 N–H and O–H groups in total. The Morgan fingerprint density at radius 3 is 1.40 bits per heavy atom. The number of amides is 2. The van der Waals surface area contributed by atoms with Crippen LogP contribution >= 0.6 is 0 Å². The molecule has 1 atom stereocenters. The summed E-state index contributed by atoms with van der Waals surface area (Å²) in [5.41, 5.74) is 6.37. The van der Waals surface area contributed by atoms with Crippen LogP contribution < -0.4 is 10.6 Å². The number of carbonyl (C=O) groups excluding carboxylic acids is 4. The lowest BCUT2D eigenvalue weighted by Crippen LogP contribution is -2.26. The predicted octanol–water partition coefficient (Wildman–Crippen LogP) is 6.99. The molecule has 0 aliphatic heterocycles. The third-order valence-corrected chi connectivity index (χ3v) is 6.20. The molecule has 0 aliphatic rings. The Morgan fingerprint density at radius 1 is 0.628 bits per heavy atom. The number of anilines is 2. The van der Waals surface area contributed by atoms with Gasteiger partial charge in [0.05, 0.1) is 11.4 Å². The Labute approximate surface area is 248 Å². The summed E-state index contributed by atoms with van der Waals surface area (Å²) in [5, 5.41) is 5.31. The Bertz CT molecular complexity index is 1620. The number of isocyanates is 2. The Kier molecular flexibility index (Phi) is 10.7. The molecular weight excluding hydrogens is 548 g/mol. The third kappa shape index (κ3) is 9.95. The molecule has 0 radical (unpaired) electrons. The molecule has 0 saturated heterocycles. The van der Waals surface area contributed by atoms with Gasteiger partial charge in [-0.3, -0.25) is 10.6 Å². The van der Waals surface area contributed by atoms with Crippen molar-refractivity contribution < 1.29 is 28.7 Å². The van der Waals surface area contributed by atoms with E-state index in [4.69, 9.17) is 9.47 Å². The minimum absolute atomic E-state index is 0.128. The number of ether oxygens (including phenoxy) is 2. The van der Waals surface area contributed by atoms with Gasteiger partial charge in [0.15, 0.2) is 0 Å². The fourth-order valence-electron chi connectivity index (χ4n) is 4.08. The standard InChI is InChI=1S/C33H28N4O6/c1-23(43-33(41)37-31-16-8-27(9-17-31)19-25-4-12-29(13-5-25)35-22-39)20-42-32(40)36-30-14-6-26(7-15-30)18-24-2-10-28(11-3-24)34-21-38/h2-17,23H,18-20H2,1H3,(H,36,40)(H,37,41). The van der Waals surface area contributed by atoms with E-state index in [0.717, 1.165) is 22.3 Å². The molecule has 0 heterocycles. The highest BCUT2D eigenvalue weighted by atomic mass is 16.6. The van der Waals surface area contributed by atoms with Crippen molar-refractivity contribution in [1.29, 1.82) is 0 Å². The number of nitrogens with one attached hydrogen (secondary N) is 2. The maximum absolute atomic E-state index is 12.3. The molecule has 0 spiro atoms. The van der Waals surface area contributed by atoms with E-state index < -0.39 is 18.3 Å². The maximum atomic E-state index is 12.3. The fourth-order valence-corrected chi connectivity index (χ4v) is 4.08. The average Bonchev–Trinajstić information content (AvgIpc) is 3.00. The van der Waals surface area contributed by atoms with Gasteiger partial charge in [-0.25, -0.2) is 19.2 Å². The lowest BCUT2D eigenvalue weighted by atomic mass is 10.0. The highest BCUT2D eigenvalue weighted by Crippen LogP contribution is 2.19. The zero-order chi connectivity index (χ0) is 30.4. The first-order valence-corrected chi connectivity index (χ1v) is 13.3. The zero-order valence-electron chi connectivity index (χ0n) is 23.3. The van der Waals surface area contributed by atoms with E-state index in [9.17, 15) is 19.2 Å². The molecule has 0 bridgehead atoms. The number of nitrogens with zero attached hydrogens (tertiary/aromatic N) is 2. The highest BCUT2D eigenvalue weighted by Gasteiger charge is 2.13. The van der Waals surface area contributed by atoms with Crippen LogP contribution in [0, 0.1) is 0 Å². The van der Waals surface area contributed by atoms with Gasteiger partial charge >= 0.3 is 12.2 Å². The van der Waals surface area contributed by atoms with Crippen molar-refractivity contribution in [3.05, 3.63) is 119 Å². The van der Waals surface area contributed by atoms with Crippen LogP contribution in [-0.2, 0) is 31.9 Å². The van der Waals surface area contributed by atoms with Gasteiger partial charge in [-0.2, -0.15) is 9.98 Å². The summed E-state index contributed by atoms with van der Waals surface area (Å²) >= 11 is 0. The Balaban J connectivity index is 1.16. The lowest BCUT2D eigenvalue weighted by molar-refractivity contribution is 0.0651. The summed E-state index contributed by atoms with van der Waals surface area (Å²) in [5.74, 6) is 0. The monoisotopic (exact) mass is 576 g/mol. The van der Waals surface area contributed by atoms with Gasteiger partial charge in [0.25, 0.3) is 0 Å². The van der Waals surface area contributed by atoms with Crippen molar-refractivity contribution in [2.24, 2.45) is 9.98 Å².